The maximum Gasteiger partial charge on any atom is 0.317 e. The number of nitrogens with one attached hydrogen (secondary N) is 1. The van der Waals surface area contributed by atoms with Gasteiger partial charge in [-0.15, -0.1) is 0 Å². The summed E-state index contributed by atoms with van der Waals surface area (Å²) in [6.07, 6.45) is 2.93. The van der Waals surface area contributed by atoms with E-state index in [1.54, 1.807) is 23.1 Å². The third kappa shape index (κ3) is 4.30. The molecule has 6 nitrogen and oxygen atoms in total. The molecule has 1 aliphatic heterocycles. The average Bonchev–Trinajstić information content (AvgIpc) is 2.66. The Hall–Kier alpha value is -2.64. The maximum absolute atomic E-state index is 12.5. The van der Waals surface area contributed by atoms with Crippen LogP contribution in [0.2, 0.25) is 0 Å². The molecule has 1 heterocycles. The fourth-order valence-electron chi connectivity index (χ4n) is 2.99. The van der Waals surface area contributed by atoms with Crippen LogP contribution in [0.1, 0.15) is 17.5 Å². The van der Waals surface area contributed by atoms with Crippen LogP contribution in [0, 0.1) is 0 Å². The van der Waals surface area contributed by atoms with Crippen molar-refractivity contribution in [1.29, 1.82) is 0 Å². The number of nitrogens with two attached hydrogens (primary N) is 1. The van der Waals surface area contributed by atoms with Crippen LogP contribution in [0.25, 0.3) is 5.57 Å². The van der Waals surface area contributed by atoms with E-state index >= 15 is 0 Å². The molecule has 0 aliphatic carbocycles. The summed E-state index contributed by atoms with van der Waals surface area (Å²) < 4.78 is 23.3. The van der Waals surface area contributed by atoms with E-state index < -0.39 is 10.0 Å². The molecule has 0 fully saturated rings. The lowest BCUT2D eigenvalue weighted by atomic mass is 10.0. The fraction of sp³-hybridized carbons (Fsp3) is 0.211. The molecule has 136 valence electrons. The maximum atomic E-state index is 12.5. The number of benzene rings is 2. The van der Waals surface area contributed by atoms with E-state index in [1.807, 2.05) is 30.3 Å². The van der Waals surface area contributed by atoms with E-state index in [9.17, 15) is 13.2 Å². The van der Waals surface area contributed by atoms with Crippen molar-refractivity contribution in [3.05, 3.63) is 71.8 Å². The van der Waals surface area contributed by atoms with Gasteiger partial charge in [0.2, 0.25) is 10.0 Å². The van der Waals surface area contributed by atoms with Gasteiger partial charge < -0.3 is 10.2 Å². The van der Waals surface area contributed by atoms with Gasteiger partial charge in [-0.1, -0.05) is 54.6 Å². The number of primary sulfonamides is 1. The summed E-state index contributed by atoms with van der Waals surface area (Å²) in [5, 5.41) is 8.02. The number of hydrogen-bond acceptors (Lipinski definition) is 3. The average molecular weight is 371 g/mol. The van der Waals surface area contributed by atoms with Crippen molar-refractivity contribution in [2.75, 3.05) is 13.1 Å². The molecule has 0 radical (unpaired) electrons. The fourth-order valence-corrected chi connectivity index (χ4v) is 3.76. The first-order valence-corrected chi connectivity index (χ1v) is 9.88. The van der Waals surface area contributed by atoms with Crippen LogP contribution in [0.4, 0.5) is 4.79 Å². The third-order valence-electron chi connectivity index (χ3n) is 4.29. The molecule has 2 aromatic rings. The molecule has 3 N–H and O–H groups in total. The van der Waals surface area contributed by atoms with Crippen molar-refractivity contribution in [2.24, 2.45) is 5.14 Å². The Morgan fingerprint density at radius 2 is 1.77 bits per heavy atom. The predicted molar refractivity (Wildman–Crippen MR) is 101 cm³/mol. The molecular weight excluding hydrogens is 350 g/mol. The molecule has 2 amide bonds. The molecular formula is C19H21N3O3S. The van der Waals surface area contributed by atoms with Crippen LogP contribution in [0.15, 0.2) is 65.6 Å². The monoisotopic (exact) mass is 371 g/mol. The van der Waals surface area contributed by atoms with Crippen LogP contribution in [0.3, 0.4) is 0 Å². The second-order valence-electron chi connectivity index (χ2n) is 6.12. The molecule has 7 heteroatoms. The molecule has 3 rings (SSSR count). The highest BCUT2D eigenvalue weighted by atomic mass is 32.2. The number of sulfonamides is 1. The molecule has 0 bridgehead atoms. The third-order valence-corrected chi connectivity index (χ3v) is 5.30. The van der Waals surface area contributed by atoms with Gasteiger partial charge in [-0.3, -0.25) is 0 Å². The number of urea groups is 1. The van der Waals surface area contributed by atoms with Gasteiger partial charge in [0.25, 0.3) is 0 Å². The molecule has 0 atom stereocenters. The number of hydrogen-bond donors (Lipinski definition) is 2. The summed E-state index contributed by atoms with van der Waals surface area (Å²) in [6.45, 7) is 1.25. The predicted octanol–water partition coefficient (Wildman–Crippen LogP) is 2.33. The van der Waals surface area contributed by atoms with Gasteiger partial charge in [0.05, 0.1) is 4.90 Å². The zero-order valence-corrected chi connectivity index (χ0v) is 15.1. The van der Waals surface area contributed by atoms with E-state index in [-0.39, 0.29) is 17.5 Å². The highest BCUT2D eigenvalue weighted by molar-refractivity contribution is 7.89. The summed E-state index contributed by atoms with van der Waals surface area (Å²) in [5.74, 6) is 0. The van der Waals surface area contributed by atoms with Crippen LogP contribution < -0.4 is 10.5 Å². The van der Waals surface area contributed by atoms with Crippen molar-refractivity contribution >= 4 is 21.6 Å². The first-order valence-electron chi connectivity index (χ1n) is 8.33. The van der Waals surface area contributed by atoms with E-state index in [2.05, 4.69) is 11.4 Å². The SMILES string of the molecule is NS(=O)(=O)c1ccccc1CNC(=O)N1CCC=C(c2ccccc2)C1. The Balaban J connectivity index is 1.66. The quantitative estimate of drug-likeness (QED) is 0.864. The van der Waals surface area contributed by atoms with E-state index in [0.29, 0.717) is 18.7 Å². The lowest BCUT2D eigenvalue weighted by Crippen LogP contribution is -2.42. The molecule has 26 heavy (non-hydrogen) atoms. The molecule has 0 aromatic heterocycles. The van der Waals surface area contributed by atoms with Gasteiger partial charge in [0.15, 0.2) is 0 Å². The van der Waals surface area contributed by atoms with Gasteiger partial charge in [-0.2, -0.15) is 0 Å². The highest BCUT2D eigenvalue weighted by Gasteiger charge is 2.20. The molecule has 0 spiro atoms. The zero-order valence-electron chi connectivity index (χ0n) is 14.3. The van der Waals surface area contributed by atoms with Gasteiger partial charge in [-0.25, -0.2) is 18.4 Å². The van der Waals surface area contributed by atoms with Crippen molar-refractivity contribution in [3.63, 3.8) is 0 Å². The molecule has 1 aliphatic rings. The Labute approximate surface area is 153 Å². The van der Waals surface area contributed by atoms with Crippen molar-refractivity contribution < 1.29 is 13.2 Å². The standard InChI is InChI=1S/C19H21N3O3S/c20-26(24,25)18-11-5-4-9-16(18)13-21-19(23)22-12-6-10-17(14-22)15-7-2-1-3-8-15/h1-5,7-11H,6,12-14H2,(H,21,23)(H2,20,24,25). The van der Waals surface area contributed by atoms with Crippen LogP contribution >= 0.6 is 0 Å². The largest absolute Gasteiger partial charge is 0.334 e. The molecule has 0 saturated carbocycles. The van der Waals surface area contributed by atoms with E-state index in [0.717, 1.165) is 17.6 Å². The highest BCUT2D eigenvalue weighted by Crippen LogP contribution is 2.20. The van der Waals surface area contributed by atoms with Gasteiger partial charge >= 0.3 is 6.03 Å². The first-order chi connectivity index (χ1) is 12.4. The molecule has 0 unspecified atom stereocenters. The lowest BCUT2D eigenvalue weighted by Gasteiger charge is -2.28. The lowest BCUT2D eigenvalue weighted by molar-refractivity contribution is 0.203. The van der Waals surface area contributed by atoms with Crippen molar-refractivity contribution in [1.82, 2.24) is 10.2 Å². The van der Waals surface area contributed by atoms with Crippen LogP contribution in [-0.2, 0) is 16.6 Å². The summed E-state index contributed by atoms with van der Waals surface area (Å²) >= 11 is 0. The van der Waals surface area contributed by atoms with E-state index in [1.165, 1.54) is 6.07 Å². The second-order valence-corrected chi connectivity index (χ2v) is 7.65. The summed E-state index contributed by atoms with van der Waals surface area (Å²) in [7, 11) is -3.83. The minimum absolute atomic E-state index is 0.0313. The van der Waals surface area contributed by atoms with Gasteiger partial charge in [0, 0.05) is 19.6 Å². The topological polar surface area (TPSA) is 92.5 Å². The second kappa shape index (κ2) is 7.72. The summed E-state index contributed by atoms with van der Waals surface area (Å²) in [5.41, 5.74) is 2.68. The van der Waals surface area contributed by atoms with E-state index in [4.69, 9.17) is 5.14 Å². The van der Waals surface area contributed by atoms with Crippen LogP contribution in [0.5, 0.6) is 0 Å². The Kier molecular flexibility index (Phi) is 5.39. The Bertz CT molecular complexity index is 924. The summed E-state index contributed by atoms with van der Waals surface area (Å²) in [6, 6.07) is 16.1. The molecule has 0 saturated heterocycles. The molecule has 2 aromatic carbocycles. The minimum Gasteiger partial charge on any atom is -0.334 e. The minimum atomic E-state index is -3.83. The number of amides is 2. The Morgan fingerprint density at radius 1 is 1.08 bits per heavy atom. The number of carbonyl (C=O) groups is 1. The Morgan fingerprint density at radius 3 is 2.50 bits per heavy atom. The number of nitrogens with zero attached hydrogens (tertiary/aromatic N) is 1. The van der Waals surface area contributed by atoms with Gasteiger partial charge in [-0.05, 0) is 29.2 Å². The normalized spacial score (nSPS) is 14.7. The van der Waals surface area contributed by atoms with Crippen molar-refractivity contribution in [3.8, 4) is 0 Å². The number of carbonyl (C=O) groups excluding carboxylic acids is 1. The number of rotatable bonds is 4. The first kappa shape index (κ1) is 18.2. The summed E-state index contributed by atoms with van der Waals surface area (Å²) in [4.78, 5) is 14.3. The van der Waals surface area contributed by atoms with Gasteiger partial charge in [0.1, 0.15) is 0 Å². The zero-order chi connectivity index (χ0) is 18.6. The van der Waals surface area contributed by atoms with Crippen molar-refractivity contribution in [2.45, 2.75) is 17.9 Å². The van der Waals surface area contributed by atoms with Crippen LogP contribution in [-0.4, -0.2) is 32.4 Å². The smallest absolute Gasteiger partial charge is 0.317 e.